The van der Waals surface area contributed by atoms with Gasteiger partial charge in [0.05, 0.1) is 52.9 Å². The van der Waals surface area contributed by atoms with Crippen molar-refractivity contribution in [1.82, 2.24) is 21.3 Å². The molecule has 0 spiro atoms. The molecule has 0 saturated carbocycles. The summed E-state index contributed by atoms with van der Waals surface area (Å²) in [6.45, 7) is 7.88. The lowest BCUT2D eigenvalue weighted by molar-refractivity contribution is -0.126. The fraction of sp³-hybridized carbons (Fsp3) is 0.600. The number of benzene rings is 2. The lowest BCUT2D eigenvalue weighted by Gasteiger charge is -2.09. The van der Waals surface area contributed by atoms with Crippen molar-refractivity contribution in [3.8, 4) is 0 Å². The number of hydrogen-bond acceptors (Lipinski definition) is 12. The quantitative estimate of drug-likeness (QED) is 0.0745. The van der Waals surface area contributed by atoms with E-state index in [2.05, 4.69) is 21.3 Å². The van der Waals surface area contributed by atoms with Gasteiger partial charge in [-0.25, -0.2) is 9.59 Å². The van der Waals surface area contributed by atoms with Gasteiger partial charge in [0.1, 0.15) is 13.2 Å². The van der Waals surface area contributed by atoms with E-state index in [1.807, 2.05) is 60.7 Å². The van der Waals surface area contributed by atoms with Gasteiger partial charge in [-0.3, -0.25) is 9.59 Å². The van der Waals surface area contributed by atoms with Crippen LogP contribution in [0.2, 0.25) is 0 Å². The third kappa shape index (κ3) is 30.0. The number of rotatable bonds is 35. The maximum absolute atomic E-state index is 12.0. The minimum Gasteiger partial charge on any atom is -0.445 e. The van der Waals surface area contributed by atoms with Crippen molar-refractivity contribution in [2.75, 3.05) is 105 Å². The van der Waals surface area contributed by atoms with E-state index in [1.54, 1.807) is 0 Å². The van der Waals surface area contributed by atoms with Gasteiger partial charge in [-0.15, -0.1) is 0 Å². The van der Waals surface area contributed by atoms with Crippen molar-refractivity contribution >= 4 is 24.0 Å². The largest absolute Gasteiger partial charge is 0.445 e. The van der Waals surface area contributed by atoms with Gasteiger partial charge in [0.25, 0.3) is 0 Å². The Balaban J connectivity index is 1.21. The predicted octanol–water partition coefficient (Wildman–Crippen LogP) is 3.51. The molecular formula is C40H62N4O12. The van der Waals surface area contributed by atoms with E-state index in [9.17, 15) is 19.2 Å². The molecule has 0 aliphatic carbocycles. The Morgan fingerprint density at radius 2 is 0.661 bits per heavy atom. The summed E-state index contributed by atoms with van der Waals surface area (Å²) in [5.74, 6) is -0.352. The van der Waals surface area contributed by atoms with Crippen LogP contribution in [0.3, 0.4) is 0 Å². The SMILES string of the molecule is O=C(CCC(=O)NCCCOCCOCCOCCCNC(=O)OCc1ccccc1)NCCCOCCOCCOCCCNC(=O)OCc1ccccc1. The Labute approximate surface area is 330 Å². The second kappa shape index (κ2) is 35.1. The molecule has 2 aromatic carbocycles. The smallest absolute Gasteiger partial charge is 0.407 e. The third-order valence-corrected chi connectivity index (χ3v) is 7.54. The molecule has 0 heterocycles. The predicted molar refractivity (Wildman–Crippen MR) is 208 cm³/mol. The first-order chi connectivity index (χ1) is 27.5. The first-order valence-electron chi connectivity index (χ1n) is 19.4. The molecule has 16 nitrogen and oxygen atoms in total. The Bertz CT molecular complexity index is 1180. The molecule has 0 bridgehead atoms. The fourth-order valence-electron chi connectivity index (χ4n) is 4.57. The molecule has 0 radical (unpaired) electrons. The molecule has 2 aromatic rings. The molecule has 0 atom stereocenters. The number of nitrogens with one attached hydrogen (secondary N) is 4. The summed E-state index contributed by atoms with van der Waals surface area (Å²) in [6.07, 6.45) is 1.99. The van der Waals surface area contributed by atoms with Gasteiger partial charge >= 0.3 is 12.2 Å². The topological polar surface area (TPSA) is 190 Å². The van der Waals surface area contributed by atoms with Gasteiger partial charge < -0.3 is 59.2 Å². The summed E-state index contributed by atoms with van der Waals surface area (Å²) < 4.78 is 43.3. The number of carbonyl (C=O) groups excluding carboxylic acids is 4. The van der Waals surface area contributed by atoms with E-state index in [4.69, 9.17) is 37.9 Å². The zero-order valence-electron chi connectivity index (χ0n) is 32.6. The van der Waals surface area contributed by atoms with Gasteiger partial charge in [-0.2, -0.15) is 0 Å². The van der Waals surface area contributed by atoms with E-state index in [0.29, 0.717) is 131 Å². The second-order valence-corrected chi connectivity index (χ2v) is 12.3. The molecule has 314 valence electrons. The van der Waals surface area contributed by atoms with E-state index >= 15 is 0 Å². The second-order valence-electron chi connectivity index (χ2n) is 12.3. The molecule has 4 N–H and O–H groups in total. The molecule has 2 rings (SSSR count). The number of amides is 4. The first kappa shape index (κ1) is 47.8. The molecule has 0 unspecified atom stereocenters. The summed E-state index contributed by atoms with van der Waals surface area (Å²) in [7, 11) is 0. The highest BCUT2D eigenvalue weighted by Gasteiger charge is 2.07. The van der Waals surface area contributed by atoms with Crippen LogP contribution in [0.4, 0.5) is 9.59 Å². The Kier molecular flexibility index (Phi) is 30.0. The van der Waals surface area contributed by atoms with Crippen LogP contribution in [0, 0.1) is 0 Å². The van der Waals surface area contributed by atoms with Crippen LogP contribution in [-0.2, 0) is 60.7 Å². The van der Waals surface area contributed by atoms with Gasteiger partial charge in [0.2, 0.25) is 11.8 Å². The first-order valence-corrected chi connectivity index (χ1v) is 19.4. The lowest BCUT2D eigenvalue weighted by Crippen LogP contribution is -2.29. The zero-order chi connectivity index (χ0) is 40.0. The van der Waals surface area contributed by atoms with Crippen molar-refractivity contribution < 1.29 is 57.1 Å². The molecule has 16 heteroatoms. The Morgan fingerprint density at radius 1 is 0.375 bits per heavy atom. The normalized spacial score (nSPS) is 10.8. The molecule has 56 heavy (non-hydrogen) atoms. The molecule has 0 aromatic heterocycles. The number of alkyl carbamates (subject to hydrolysis) is 2. The molecule has 0 fully saturated rings. The monoisotopic (exact) mass is 790 g/mol. The number of hydrogen-bond donors (Lipinski definition) is 4. The summed E-state index contributed by atoms with van der Waals surface area (Å²) in [6, 6.07) is 19.0. The van der Waals surface area contributed by atoms with Gasteiger partial charge in [0, 0.05) is 65.4 Å². The van der Waals surface area contributed by atoms with E-state index in [-0.39, 0.29) is 37.9 Å². The summed E-state index contributed by atoms with van der Waals surface area (Å²) in [5.41, 5.74) is 1.87. The minimum absolute atomic E-state index is 0.124. The number of carbonyl (C=O) groups is 4. The summed E-state index contributed by atoms with van der Waals surface area (Å²) in [4.78, 5) is 47.4. The average molecular weight is 791 g/mol. The van der Waals surface area contributed by atoms with Crippen LogP contribution in [-0.4, -0.2) is 129 Å². The maximum atomic E-state index is 12.0. The zero-order valence-corrected chi connectivity index (χ0v) is 32.6. The Morgan fingerprint density at radius 3 is 0.982 bits per heavy atom. The highest BCUT2D eigenvalue weighted by atomic mass is 16.6. The lowest BCUT2D eigenvalue weighted by atomic mass is 10.2. The van der Waals surface area contributed by atoms with Crippen molar-refractivity contribution in [1.29, 1.82) is 0 Å². The molecule has 0 saturated heterocycles. The maximum Gasteiger partial charge on any atom is 0.407 e. The van der Waals surface area contributed by atoms with Crippen LogP contribution in [0.15, 0.2) is 60.7 Å². The third-order valence-electron chi connectivity index (χ3n) is 7.54. The summed E-state index contributed by atoms with van der Waals surface area (Å²) in [5, 5.41) is 11.0. The average Bonchev–Trinajstić information content (AvgIpc) is 3.22. The molecule has 0 aliphatic heterocycles. The van der Waals surface area contributed by atoms with Crippen LogP contribution >= 0.6 is 0 Å². The van der Waals surface area contributed by atoms with Gasteiger partial charge in [-0.1, -0.05) is 60.7 Å². The molecule has 0 aliphatic rings. The van der Waals surface area contributed by atoms with Crippen molar-refractivity contribution in [3.05, 3.63) is 71.8 Å². The van der Waals surface area contributed by atoms with Gasteiger partial charge in [0.15, 0.2) is 0 Å². The van der Waals surface area contributed by atoms with Crippen LogP contribution in [0.25, 0.3) is 0 Å². The highest BCUT2D eigenvalue weighted by molar-refractivity contribution is 5.83. The molecule has 4 amide bonds. The van der Waals surface area contributed by atoms with Crippen LogP contribution in [0.1, 0.15) is 49.7 Å². The fourth-order valence-corrected chi connectivity index (χ4v) is 4.57. The Hall–Kier alpha value is -4.32. The number of ether oxygens (including phenoxy) is 8. The van der Waals surface area contributed by atoms with E-state index in [0.717, 1.165) is 11.1 Å². The van der Waals surface area contributed by atoms with Crippen molar-refractivity contribution in [2.45, 2.75) is 51.7 Å². The highest BCUT2D eigenvalue weighted by Crippen LogP contribution is 2.01. The standard InChI is InChI=1S/C40H62N4O12/c45-37(41-17-7-21-49-25-29-53-31-27-51-23-9-19-43-39(47)55-33-35-11-3-1-4-12-35)15-16-38(46)42-18-8-22-50-26-30-54-32-28-52-24-10-20-44-40(48)56-34-36-13-5-2-6-14-36/h1-6,11-14H,7-10,15-34H2,(H,41,45)(H,42,46)(H,43,47)(H,44,48). The van der Waals surface area contributed by atoms with Crippen molar-refractivity contribution in [3.63, 3.8) is 0 Å². The molecular weight excluding hydrogens is 728 g/mol. The minimum atomic E-state index is -0.450. The summed E-state index contributed by atoms with van der Waals surface area (Å²) >= 11 is 0. The van der Waals surface area contributed by atoms with Crippen molar-refractivity contribution in [2.24, 2.45) is 0 Å². The van der Waals surface area contributed by atoms with Gasteiger partial charge in [-0.05, 0) is 36.8 Å². The van der Waals surface area contributed by atoms with E-state index in [1.165, 1.54) is 0 Å². The van der Waals surface area contributed by atoms with Crippen LogP contribution < -0.4 is 21.3 Å². The van der Waals surface area contributed by atoms with E-state index < -0.39 is 12.2 Å². The van der Waals surface area contributed by atoms with Crippen LogP contribution in [0.5, 0.6) is 0 Å².